The van der Waals surface area contributed by atoms with Gasteiger partial charge in [0.15, 0.2) is 0 Å². The number of halogens is 1. The topological polar surface area (TPSA) is 157 Å². The van der Waals surface area contributed by atoms with Crippen LogP contribution in [0.4, 0.5) is 22.7 Å². The number of nitrogen functional groups attached to an aromatic ring is 2. The van der Waals surface area contributed by atoms with Gasteiger partial charge in [0.25, 0.3) is 11.4 Å². The molecule has 1 aliphatic rings. The molecular formula is C103H96BBrN4O6P4Pd. The molecule has 1 fully saturated rings. The van der Waals surface area contributed by atoms with Gasteiger partial charge in [-0.15, -0.1) is 0 Å². The van der Waals surface area contributed by atoms with Crippen molar-refractivity contribution in [1.82, 2.24) is 0 Å². The van der Waals surface area contributed by atoms with Crippen molar-refractivity contribution in [3.8, 4) is 11.1 Å². The maximum absolute atomic E-state index is 10.9. The van der Waals surface area contributed by atoms with Gasteiger partial charge in [-0.05, 0) is 163 Å². The molecule has 120 heavy (non-hydrogen) atoms. The van der Waals surface area contributed by atoms with Crippen molar-refractivity contribution >= 4 is 147 Å². The standard InChI is InChI=1S/4C18H15P.C12H18BNO2.C12H10N2O2.C6H4BrNO2.CH4.Pd/c4*1-4-10-16(11-5-1)19(17-12-6-2-7-13-17)18-14-8-3-9-15-18;1-11(2)12(3,4)16-13(15-11)9-7-5-6-8-10(9)14;13-11-7-3-1-5-9(11)10-6-2-4-8-12(10)14(15)16;7-5-3-1-2-4-6(5)8(9)10;;/h4*1-15H;5-8H,14H2,1-4H3;1-8H,13H2;1-4H;1H4;. The smallest absolute Gasteiger partial charge is 0.399 e. The number of nitrogens with two attached hydrogens (primary N) is 2. The van der Waals surface area contributed by atoms with Crippen LogP contribution < -0.4 is 80.6 Å². The Morgan fingerprint density at radius 3 is 0.658 bits per heavy atom. The Morgan fingerprint density at radius 1 is 0.267 bits per heavy atom. The van der Waals surface area contributed by atoms with Crippen molar-refractivity contribution in [3.05, 3.63) is 486 Å². The van der Waals surface area contributed by atoms with Gasteiger partial charge in [0.1, 0.15) is 0 Å². The Balaban J connectivity index is 0.000000160. The van der Waals surface area contributed by atoms with Crippen LogP contribution in [-0.2, 0) is 29.7 Å². The summed E-state index contributed by atoms with van der Waals surface area (Å²) in [4.78, 5) is 20.2. The molecule has 0 spiro atoms. The zero-order valence-electron chi connectivity index (χ0n) is 66.4. The summed E-state index contributed by atoms with van der Waals surface area (Å²) < 4.78 is 12.4. The van der Waals surface area contributed by atoms with E-state index >= 15 is 0 Å². The number of anilines is 2. The normalized spacial score (nSPS) is 11.8. The van der Waals surface area contributed by atoms with Gasteiger partial charge in [-0.2, -0.15) is 0 Å². The summed E-state index contributed by atoms with van der Waals surface area (Å²) in [6.07, 6.45) is 0. The molecule has 17 rings (SSSR count). The molecule has 16 aromatic rings. The number of nitro groups is 2. The summed E-state index contributed by atoms with van der Waals surface area (Å²) in [6.45, 7) is 8.14. The third-order valence-electron chi connectivity index (χ3n) is 19.1. The summed E-state index contributed by atoms with van der Waals surface area (Å²) in [5.74, 6) is 0. The quantitative estimate of drug-likeness (QED) is 0.0318. The minimum absolute atomic E-state index is 0. The van der Waals surface area contributed by atoms with Gasteiger partial charge in [0.05, 0.1) is 31.1 Å². The number of para-hydroxylation sites is 4. The van der Waals surface area contributed by atoms with Gasteiger partial charge < -0.3 is 20.8 Å². The van der Waals surface area contributed by atoms with E-state index < -0.39 is 41.5 Å². The summed E-state index contributed by atoms with van der Waals surface area (Å²) in [6, 6.07) is 157. The summed E-state index contributed by atoms with van der Waals surface area (Å²) in [5.41, 5.74) is 14.6. The van der Waals surface area contributed by atoms with Gasteiger partial charge >= 0.3 is 7.12 Å². The van der Waals surface area contributed by atoms with Crippen LogP contribution in [0.5, 0.6) is 0 Å². The van der Waals surface area contributed by atoms with Crippen molar-refractivity contribution in [1.29, 1.82) is 0 Å². The second-order valence-electron chi connectivity index (χ2n) is 27.7. The van der Waals surface area contributed by atoms with Crippen LogP contribution in [-0.4, -0.2) is 28.2 Å². The fourth-order valence-electron chi connectivity index (χ4n) is 12.6. The van der Waals surface area contributed by atoms with Gasteiger partial charge in [-0.1, -0.05) is 432 Å². The fourth-order valence-corrected chi connectivity index (χ4v) is 22.3. The number of rotatable bonds is 16. The molecule has 1 saturated heterocycles. The minimum atomic E-state index is -0.446. The number of benzene rings is 16. The monoisotopic (exact) mass is 1800 g/mol. The predicted molar refractivity (Wildman–Crippen MR) is 518 cm³/mol. The fraction of sp³-hybridized carbons (Fsp3) is 0.0680. The summed E-state index contributed by atoms with van der Waals surface area (Å²) in [7, 11) is -2.15. The van der Waals surface area contributed by atoms with Crippen LogP contribution in [0, 0.1) is 20.2 Å². The van der Waals surface area contributed by atoms with Crippen molar-refractivity contribution in [2.75, 3.05) is 11.5 Å². The Morgan fingerprint density at radius 2 is 0.450 bits per heavy atom. The van der Waals surface area contributed by atoms with Crippen molar-refractivity contribution in [2.24, 2.45) is 0 Å². The van der Waals surface area contributed by atoms with Crippen LogP contribution in [0.15, 0.2) is 466 Å². The molecular weight excluding hydrogens is 1710 g/mol. The van der Waals surface area contributed by atoms with Crippen LogP contribution in [0.3, 0.4) is 0 Å². The minimum Gasteiger partial charge on any atom is -0.399 e. The third kappa shape index (κ3) is 26.6. The maximum Gasteiger partial charge on any atom is 0.496 e. The molecule has 0 aliphatic carbocycles. The van der Waals surface area contributed by atoms with Crippen molar-refractivity contribution in [3.63, 3.8) is 0 Å². The molecule has 0 saturated carbocycles. The van der Waals surface area contributed by atoms with E-state index in [4.69, 9.17) is 20.8 Å². The molecule has 0 radical (unpaired) electrons. The third-order valence-corrected chi connectivity index (χ3v) is 29.5. The molecule has 17 heteroatoms. The van der Waals surface area contributed by atoms with E-state index in [0.717, 1.165) is 5.46 Å². The molecule has 1 aliphatic heterocycles. The zero-order valence-corrected chi connectivity index (χ0v) is 73.2. The largest absolute Gasteiger partial charge is 0.496 e. The van der Waals surface area contributed by atoms with Crippen LogP contribution in [0.25, 0.3) is 11.1 Å². The Hall–Kier alpha value is -11.2. The Kier molecular flexibility index (Phi) is 37.2. The van der Waals surface area contributed by atoms with Gasteiger partial charge in [-0.25, -0.2) is 0 Å². The molecule has 0 unspecified atom stereocenters. The van der Waals surface area contributed by atoms with E-state index in [9.17, 15) is 20.2 Å². The van der Waals surface area contributed by atoms with Crippen molar-refractivity contribution in [2.45, 2.75) is 46.3 Å². The number of nitrogens with zero attached hydrogens (tertiary/aromatic N) is 2. The van der Waals surface area contributed by atoms with Crippen LogP contribution >= 0.6 is 47.6 Å². The van der Waals surface area contributed by atoms with E-state index in [2.05, 4.69) is 380 Å². The van der Waals surface area contributed by atoms with E-state index in [0.29, 0.717) is 27.0 Å². The van der Waals surface area contributed by atoms with E-state index in [1.807, 2.05) is 58.0 Å². The first kappa shape index (κ1) is 92.6. The Labute approximate surface area is 735 Å². The second kappa shape index (κ2) is 48.1. The van der Waals surface area contributed by atoms with E-state index in [1.54, 1.807) is 54.6 Å². The molecule has 10 nitrogen and oxygen atoms in total. The first-order chi connectivity index (χ1) is 57.5. The second-order valence-corrected chi connectivity index (χ2v) is 37.4. The van der Waals surface area contributed by atoms with E-state index in [-0.39, 0.29) is 57.5 Å². The van der Waals surface area contributed by atoms with Crippen LogP contribution in [0.1, 0.15) is 35.1 Å². The molecule has 0 aromatic heterocycles. The molecule has 0 amide bonds. The Bertz CT molecular complexity index is 4790. The molecule has 0 atom stereocenters. The molecule has 4 N–H and O–H groups in total. The average Bonchev–Trinajstić information content (AvgIpc) is 1.62. The average molecular weight is 1810 g/mol. The van der Waals surface area contributed by atoms with E-state index in [1.165, 1.54) is 75.8 Å². The van der Waals surface area contributed by atoms with Gasteiger partial charge in [0, 0.05) is 55.0 Å². The molecule has 0 bridgehead atoms. The van der Waals surface area contributed by atoms with Gasteiger partial charge in [-0.3, -0.25) is 20.2 Å². The first-order valence-corrected chi connectivity index (χ1v) is 44.7. The SMILES string of the molecule is C.CC1(C)OB(c2ccccc2N)OC1(C)C.Nc1ccccc1-c1ccccc1[N+](=O)[O-].O=[N+]([O-])c1ccccc1Br.[Pd].c1ccc(P(c2ccccc2)c2ccccc2)cc1.c1ccc(P(c2ccccc2)c2ccccc2)cc1.c1ccc(P(c2ccccc2)c2ccccc2)cc1.c1ccc(P(c2ccccc2)c2ccccc2)cc1. The number of hydrogen-bond acceptors (Lipinski definition) is 8. The summed E-state index contributed by atoms with van der Waals surface area (Å²) >= 11 is 3.06. The predicted octanol–water partition coefficient (Wildman–Crippen LogP) is 21.2. The number of nitro benzene ring substituents is 2. The molecule has 604 valence electrons. The first-order valence-electron chi connectivity index (χ1n) is 38.5. The molecule has 1 heterocycles. The van der Waals surface area contributed by atoms with Crippen molar-refractivity contribution < 1.29 is 39.6 Å². The summed E-state index contributed by atoms with van der Waals surface area (Å²) in [5, 5.41) is 37.8. The molecule has 16 aromatic carbocycles. The zero-order chi connectivity index (χ0) is 82.7. The van der Waals surface area contributed by atoms with Gasteiger partial charge in [0.2, 0.25) is 0 Å². The van der Waals surface area contributed by atoms with Crippen LogP contribution in [0.2, 0.25) is 0 Å². The maximum atomic E-state index is 10.9. The number of hydrogen-bond donors (Lipinski definition) is 2.